The standard InChI is InChI=1S/C101H84N4O29/c1-4-68-77(81(129-95(118)57-38-18-9-19-39-57)73(98(121-3)124-68)103-86(109)62-46-26-27-47-63(62)87(103)110)133-101-75(105-90(113)66-50-30-31-51-67(66)91(105)114)83(131-97(120)59-42-22-11-23-43-59)79(71(127-101)53-123-93(116)55-34-14-7-15-35-55)134-100-74(104-88(111)64-48-28-29-49-65(64)89(104)112)82(130-96(119)58-40-20-10-21-41-58)78(69(5-2)125-100)132-99-72(102-84(107)60-44-24-25-45-61(60)85(102)108)80(128-94(117)56-36-16-8-17-37-56)76(106)70(126-99)52-122-92(115)54-32-12-6-13-33-54/h6-51,68-83,98-101,106H,4-5,52-53H2,1-3H3/t68?,69?,70?,71?,72-,73+,74+,75-,76?,77-,78-,79?,80+,81?,82?,83+,98-,99?,100+,101?/m0/s1. The van der Waals surface area contributed by atoms with E-state index in [0.717, 1.165) is 4.90 Å². The van der Waals surface area contributed by atoms with Crippen LogP contribution in [0.2, 0.25) is 0 Å². The molecule has 33 nitrogen and oxygen atoms in total. The lowest BCUT2D eigenvalue weighted by Crippen LogP contribution is -2.73. The van der Waals surface area contributed by atoms with Gasteiger partial charge in [0.05, 0.1) is 90.1 Å². The Labute approximate surface area is 764 Å². The molecule has 8 aliphatic rings. The number of nitrogens with zero attached hydrogens (tertiary/aromatic N) is 4. The highest BCUT2D eigenvalue weighted by Gasteiger charge is 2.66. The molecule has 0 saturated carbocycles. The molecule has 10 aromatic carbocycles. The topological polar surface area (TPSA) is 401 Å². The molecule has 0 radical (unpaired) electrons. The van der Waals surface area contributed by atoms with E-state index in [2.05, 4.69) is 0 Å². The van der Waals surface area contributed by atoms with Gasteiger partial charge in [0.15, 0.2) is 49.6 Å². The highest BCUT2D eigenvalue weighted by atomic mass is 16.8. The zero-order chi connectivity index (χ0) is 93.3. The van der Waals surface area contributed by atoms with Gasteiger partial charge in [-0.25, -0.2) is 28.8 Å². The molecule has 8 amide bonds. The van der Waals surface area contributed by atoms with Crippen LogP contribution >= 0.6 is 0 Å². The largest absolute Gasteiger partial charge is 0.459 e. The summed E-state index contributed by atoms with van der Waals surface area (Å²) in [6, 6.07) is 58.8. The second kappa shape index (κ2) is 38.6. The molecule has 0 bridgehead atoms. The third-order valence-electron chi connectivity index (χ3n) is 24.7. The van der Waals surface area contributed by atoms with E-state index in [1.165, 1.54) is 232 Å². The molecule has 33 heteroatoms. The number of amides is 8. The molecule has 8 heterocycles. The second-order valence-electron chi connectivity index (χ2n) is 32.5. The van der Waals surface area contributed by atoms with Gasteiger partial charge in [0.25, 0.3) is 47.3 Å². The van der Waals surface area contributed by atoms with Gasteiger partial charge in [0.2, 0.25) is 0 Å². The van der Waals surface area contributed by atoms with Crippen LogP contribution in [0.3, 0.4) is 0 Å². The number of hydrogen-bond donors (Lipinski definition) is 1. The van der Waals surface area contributed by atoms with E-state index in [1.807, 2.05) is 0 Å². The van der Waals surface area contributed by atoms with Crippen molar-refractivity contribution in [1.82, 2.24) is 19.6 Å². The number of imide groups is 4. The third kappa shape index (κ3) is 17.0. The van der Waals surface area contributed by atoms with Crippen molar-refractivity contribution < 1.29 is 139 Å². The predicted molar refractivity (Wildman–Crippen MR) is 462 cm³/mol. The van der Waals surface area contributed by atoms with E-state index >= 15 is 52.7 Å². The monoisotopic (exact) mass is 1820 g/mol. The van der Waals surface area contributed by atoms with Crippen LogP contribution in [0.25, 0.3) is 0 Å². The van der Waals surface area contributed by atoms with Crippen LogP contribution in [-0.2, 0) is 66.3 Å². The Kier molecular flexibility index (Phi) is 25.8. The zero-order valence-electron chi connectivity index (χ0n) is 71.6. The molecular weight excluding hydrogens is 1730 g/mol. The highest BCUT2D eigenvalue weighted by molar-refractivity contribution is 6.24. The van der Waals surface area contributed by atoms with Gasteiger partial charge < -0.3 is 71.4 Å². The number of ether oxygens (including phenoxy) is 14. The van der Waals surface area contributed by atoms with Gasteiger partial charge in [-0.2, -0.15) is 0 Å². The molecule has 18 rings (SSSR count). The zero-order valence-corrected chi connectivity index (χ0v) is 71.6. The van der Waals surface area contributed by atoms with Gasteiger partial charge in [0.1, 0.15) is 74.0 Å². The fourth-order valence-electron chi connectivity index (χ4n) is 18.2. The molecule has 1 N–H and O–H groups in total. The summed E-state index contributed by atoms with van der Waals surface area (Å²) in [6.07, 6.45) is -33.5. The molecule has 4 saturated heterocycles. The molecule has 10 aromatic rings. The van der Waals surface area contributed by atoms with Crippen LogP contribution in [0.4, 0.5) is 0 Å². The lowest BCUT2D eigenvalue weighted by atomic mass is 9.90. The van der Waals surface area contributed by atoms with Gasteiger partial charge in [-0.3, -0.25) is 58.0 Å². The quantitative estimate of drug-likeness (QED) is 0.0284. The summed E-state index contributed by atoms with van der Waals surface area (Å²) in [7, 11) is 1.22. The number of methoxy groups -OCH3 is 1. The number of hydrogen-bond acceptors (Lipinski definition) is 29. The average Bonchev–Trinajstić information content (AvgIpc) is 1.43. The number of carbonyl (C=O) groups is 14. The smallest absolute Gasteiger partial charge is 0.338 e. The lowest BCUT2D eigenvalue weighted by molar-refractivity contribution is -0.367. The van der Waals surface area contributed by atoms with E-state index in [9.17, 15) is 19.5 Å². The van der Waals surface area contributed by atoms with E-state index in [1.54, 1.807) is 67.6 Å². The molecular formula is C101H84N4O29. The number of aliphatic hydroxyl groups is 1. The third-order valence-corrected chi connectivity index (χ3v) is 24.7. The van der Waals surface area contributed by atoms with Crippen molar-refractivity contribution in [3.05, 3.63) is 357 Å². The molecule has 682 valence electrons. The summed E-state index contributed by atoms with van der Waals surface area (Å²) < 4.78 is 95.4. The van der Waals surface area contributed by atoms with Crippen LogP contribution in [0.5, 0.6) is 0 Å². The maximum atomic E-state index is 16.2. The van der Waals surface area contributed by atoms with Crippen LogP contribution < -0.4 is 0 Å². The Balaban J connectivity index is 0.826. The lowest BCUT2D eigenvalue weighted by Gasteiger charge is -2.54. The fraction of sp³-hybridized carbons (Fsp3) is 0.267. The van der Waals surface area contributed by atoms with Crippen molar-refractivity contribution in [2.24, 2.45) is 0 Å². The van der Waals surface area contributed by atoms with E-state index in [-0.39, 0.29) is 90.7 Å². The second-order valence-corrected chi connectivity index (χ2v) is 32.5. The Hall–Kier alpha value is -14.8. The van der Waals surface area contributed by atoms with Crippen molar-refractivity contribution in [3.63, 3.8) is 0 Å². The average molecular weight is 1820 g/mol. The molecule has 0 spiro atoms. The maximum Gasteiger partial charge on any atom is 0.338 e. The molecule has 0 aliphatic carbocycles. The van der Waals surface area contributed by atoms with Gasteiger partial charge in [-0.1, -0.05) is 172 Å². The van der Waals surface area contributed by atoms with E-state index in [4.69, 9.17) is 66.3 Å². The fourth-order valence-corrected chi connectivity index (χ4v) is 18.2. The first-order valence-corrected chi connectivity index (χ1v) is 43.3. The van der Waals surface area contributed by atoms with Crippen LogP contribution in [0, 0.1) is 0 Å². The van der Waals surface area contributed by atoms with Crippen molar-refractivity contribution in [2.75, 3.05) is 20.3 Å². The predicted octanol–water partition coefficient (Wildman–Crippen LogP) is 10.1. The molecule has 20 atom stereocenters. The van der Waals surface area contributed by atoms with Crippen LogP contribution in [-0.4, -0.2) is 251 Å². The minimum absolute atomic E-state index is 0.0354. The van der Waals surface area contributed by atoms with Crippen LogP contribution in [0.1, 0.15) is 172 Å². The van der Waals surface area contributed by atoms with E-state index in [0.29, 0.717) is 14.7 Å². The Morgan fingerprint density at radius 3 is 0.724 bits per heavy atom. The first-order chi connectivity index (χ1) is 65.1. The Morgan fingerprint density at radius 1 is 0.261 bits per heavy atom. The molecule has 0 aromatic heterocycles. The Morgan fingerprint density at radius 2 is 0.463 bits per heavy atom. The minimum Gasteiger partial charge on any atom is -0.459 e. The SMILES string of the molecule is CCC1O[C@H](OC2C(COC(=O)c3ccccc3)OC(O[C@H]3C(CC)O[C@H](OC)[C@H](N4C(=O)c5ccccc5C4=O)C3OC(=O)c3ccccc3)[C@@H](N3C(=O)c4ccccc4C3=O)[C@H]2OC(=O)c2ccccc2)[C@H](N2C(=O)c3ccccc3C2=O)C(OC(=O)c2ccccc2)[C@H]1OC1OC(COC(=O)c2ccccc2)C(O)[C@H](OC(=O)c2ccccc2)[C@@H]1N1C(=O)c2ccccc2C1=O. The summed E-state index contributed by atoms with van der Waals surface area (Å²) >= 11 is 0. The summed E-state index contributed by atoms with van der Waals surface area (Å²) in [6.45, 7) is 1.23. The first kappa shape index (κ1) is 89.8. The minimum atomic E-state index is -2.41. The van der Waals surface area contributed by atoms with E-state index < -0.39 is 219 Å². The van der Waals surface area contributed by atoms with Crippen molar-refractivity contribution in [1.29, 1.82) is 0 Å². The molecule has 10 unspecified atom stereocenters. The first-order valence-electron chi connectivity index (χ1n) is 43.3. The van der Waals surface area contributed by atoms with Crippen molar-refractivity contribution in [3.8, 4) is 0 Å². The number of aliphatic hydroxyl groups excluding tert-OH is 1. The number of fused-ring (bicyclic) bond motifs is 4. The molecule has 8 aliphatic heterocycles. The number of benzene rings is 10. The van der Waals surface area contributed by atoms with Crippen molar-refractivity contribution >= 4 is 83.1 Å². The maximum absolute atomic E-state index is 16.2. The van der Waals surface area contributed by atoms with Gasteiger partial charge in [-0.15, -0.1) is 0 Å². The van der Waals surface area contributed by atoms with Crippen molar-refractivity contribution in [2.45, 2.75) is 149 Å². The normalized spacial score (nSPS) is 26.9. The van der Waals surface area contributed by atoms with Gasteiger partial charge in [0, 0.05) is 7.11 Å². The van der Waals surface area contributed by atoms with Crippen LogP contribution in [0.15, 0.2) is 279 Å². The van der Waals surface area contributed by atoms with Gasteiger partial charge >= 0.3 is 35.8 Å². The summed E-state index contributed by atoms with van der Waals surface area (Å²) in [4.78, 5) is 219. The molecule has 4 fully saturated rings. The number of rotatable bonds is 27. The number of carbonyl (C=O) groups excluding carboxylic acids is 14. The molecule has 134 heavy (non-hydrogen) atoms. The number of esters is 6. The summed E-state index contributed by atoms with van der Waals surface area (Å²) in [5.74, 6) is -14.9. The summed E-state index contributed by atoms with van der Waals surface area (Å²) in [5.41, 5.74) is -1.93. The summed E-state index contributed by atoms with van der Waals surface area (Å²) in [5, 5.41) is 13.0. The highest BCUT2D eigenvalue weighted by Crippen LogP contribution is 2.46. The Bertz CT molecular complexity index is 6080. The van der Waals surface area contributed by atoms with Gasteiger partial charge in [-0.05, 0) is 134 Å².